The van der Waals surface area contributed by atoms with Crippen LogP contribution in [0.25, 0.3) is 0 Å². The van der Waals surface area contributed by atoms with Gasteiger partial charge in [0.25, 0.3) is 0 Å². The van der Waals surface area contributed by atoms with E-state index in [-0.39, 0.29) is 5.96 Å². The number of hydrogen-bond donors (Lipinski definition) is 2. The summed E-state index contributed by atoms with van der Waals surface area (Å²) in [6, 6.07) is 20.9. The molecule has 0 unspecified atom stereocenters. The molecule has 0 atom stereocenters. The zero-order valence-corrected chi connectivity index (χ0v) is 12.2. The molecule has 0 aliphatic rings. The van der Waals surface area contributed by atoms with Crippen molar-refractivity contribution in [1.82, 2.24) is 0 Å². The fourth-order valence-corrected chi connectivity index (χ4v) is 2.21. The Labute approximate surface area is 126 Å². The minimum atomic E-state index is 0.157. The van der Waals surface area contributed by atoms with Crippen molar-refractivity contribution < 1.29 is 0 Å². The van der Waals surface area contributed by atoms with Gasteiger partial charge in [0.1, 0.15) is 0 Å². The summed E-state index contributed by atoms with van der Waals surface area (Å²) in [5.74, 6) is 0.157. The molecule has 4 heteroatoms. The lowest BCUT2D eigenvalue weighted by molar-refractivity contribution is 0.736. The molecule has 2 aromatic carbocycles. The van der Waals surface area contributed by atoms with Crippen molar-refractivity contribution >= 4 is 11.6 Å². The number of guanidine groups is 1. The predicted octanol–water partition coefficient (Wildman–Crippen LogP) is 2.36. The number of benzene rings is 2. The number of rotatable bonds is 7. The van der Waals surface area contributed by atoms with Crippen molar-refractivity contribution in [2.24, 2.45) is 16.5 Å². The molecule has 4 N–H and O–H groups in total. The third-order valence-corrected chi connectivity index (χ3v) is 3.22. The minimum Gasteiger partial charge on any atom is -0.370 e. The topological polar surface area (TPSA) is 67.6 Å². The largest absolute Gasteiger partial charge is 0.370 e. The highest BCUT2D eigenvalue weighted by atomic mass is 15.1. The van der Waals surface area contributed by atoms with Crippen LogP contribution < -0.4 is 16.4 Å². The second-order valence-corrected chi connectivity index (χ2v) is 4.90. The van der Waals surface area contributed by atoms with Gasteiger partial charge in [-0.05, 0) is 24.1 Å². The Kier molecular flexibility index (Phi) is 5.64. The predicted molar refractivity (Wildman–Crippen MR) is 89.2 cm³/mol. The average molecular weight is 282 g/mol. The molecule has 0 saturated heterocycles. The molecule has 0 saturated carbocycles. The van der Waals surface area contributed by atoms with Crippen LogP contribution >= 0.6 is 0 Å². The Balaban J connectivity index is 2.02. The van der Waals surface area contributed by atoms with E-state index in [2.05, 4.69) is 58.4 Å². The first kappa shape index (κ1) is 14.9. The van der Waals surface area contributed by atoms with E-state index in [1.807, 2.05) is 12.1 Å². The van der Waals surface area contributed by atoms with Crippen LogP contribution in [0.5, 0.6) is 0 Å². The lowest BCUT2D eigenvalue weighted by atomic mass is 10.2. The van der Waals surface area contributed by atoms with E-state index in [1.165, 1.54) is 11.3 Å². The molecule has 0 aliphatic heterocycles. The molecular formula is C17H22N4. The third-order valence-electron chi connectivity index (χ3n) is 3.22. The van der Waals surface area contributed by atoms with Crippen molar-refractivity contribution in [3.63, 3.8) is 0 Å². The molecule has 0 amide bonds. The Morgan fingerprint density at radius 3 is 2.14 bits per heavy atom. The van der Waals surface area contributed by atoms with Crippen LogP contribution in [0.4, 0.5) is 5.69 Å². The van der Waals surface area contributed by atoms with Crippen molar-refractivity contribution in [1.29, 1.82) is 0 Å². The zero-order chi connectivity index (χ0) is 14.9. The molecule has 21 heavy (non-hydrogen) atoms. The van der Waals surface area contributed by atoms with Crippen LogP contribution in [-0.2, 0) is 6.54 Å². The van der Waals surface area contributed by atoms with Crippen LogP contribution in [0.2, 0.25) is 0 Å². The number of aliphatic imine (C=N–C) groups is 1. The summed E-state index contributed by atoms with van der Waals surface area (Å²) in [6.45, 7) is 2.45. The molecule has 4 nitrogen and oxygen atoms in total. The Morgan fingerprint density at radius 1 is 0.905 bits per heavy atom. The summed E-state index contributed by atoms with van der Waals surface area (Å²) in [4.78, 5) is 6.39. The molecule has 0 bridgehead atoms. The lowest BCUT2D eigenvalue weighted by Gasteiger charge is -2.24. The van der Waals surface area contributed by atoms with E-state index in [0.29, 0.717) is 6.54 Å². The Bertz CT molecular complexity index is 548. The fourth-order valence-electron chi connectivity index (χ4n) is 2.21. The van der Waals surface area contributed by atoms with E-state index in [9.17, 15) is 0 Å². The molecule has 0 aromatic heterocycles. The lowest BCUT2D eigenvalue weighted by Crippen LogP contribution is -2.26. The monoisotopic (exact) mass is 282 g/mol. The summed E-state index contributed by atoms with van der Waals surface area (Å²) >= 11 is 0. The third kappa shape index (κ3) is 5.18. The van der Waals surface area contributed by atoms with Gasteiger partial charge in [-0.2, -0.15) is 0 Å². The molecule has 2 rings (SSSR count). The summed E-state index contributed by atoms with van der Waals surface area (Å²) in [7, 11) is 0. The van der Waals surface area contributed by atoms with Crippen LogP contribution in [0.1, 0.15) is 12.0 Å². The summed E-state index contributed by atoms with van der Waals surface area (Å²) in [5, 5.41) is 0. The van der Waals surface area contributed by atoms with Gasteiger partial charge in [-0.25, -0.2) is 0 Å². The van der Waals surface area contributed by atoms with Gasteiger partial charge < -0.3 is 16.4 Å². The maximum absolute atomic E-state index is 5.36. The molecule has 0 radical (unpaired) electrons. The van der Waals surface area contributed by atoms with Crippen molar-refractivity contribution in [2.45, 2.75) is 13.0 Å². The second-order valence-electron chi connectivity index (χ2n) is 4.90. The van der Waals surface area contributed by atoms with Gasteiger partial charge in [0, 0.05) is 25.3 Å². The number of para-hydroxylation sites is 1. The Morgan fingerprint density at radius 2 is 1.52 bits per heavy atom. The molecular weight excluding hydrogens is 260 g/mol. The zero-order valence-electron chi connectivity index (χ0n) is 12.2. The van der Waals surface area contributed by atoms with Gasteiger partial charge in [0.2, 0.25) is 0 Å². The normalized spacial score (nSPS) is 10.1. The SMILES string of the molecule is NC(N)=NCCCN(Cc1ccccc1)c1ccccc1. The maximum atomic E-state index is 5.36. The smallest absolute Gasteiger partial charge is 0.185 e. The van der Waals surface area contributed by atoms with Gasteiger partial charge in [0.15, 0.2) is 5.96 Å². The number of hydrogen-bond acceptors (Lipinski definition) is 2. The van der Waals surface area contributed by atoms with E-state index >= 15 is 0 Å². The maximum Gasteiger partial charge on any atom is 0.185 e. The summed E-state index contributed by atoms with van der Waals surface area (Å²) in [5.41, 5.74) is 13.2. The first-order valence-electron chi connectivity index (χ1n) is 7.15. The standard InChI is InChI=1S/C17H22N4/c18-17(19)20-12-7-13-21(16-10-5-2-6-11-16)14-15-8-3-1-4-9-15/h1-6,8-11H,7,12-14H2,(H4,18,19,20). The van der Waals surface area contributed by atoms with E-state index in [0.717, 1.165) is 19.5 Å². The quantitative estimate of drug-likeness (QED) is 0.465. The van der Waals surface area contributed by atoms with Crippen molar-refractivity contribution in [2.75, 3.05) is 18.0 Å². The van der Waals surface area contributed by atoms with E-state index in [4.69, 9.17) is 11.5 Å². The first-order valence-corrected chi connectivity index (χ1v) is 7.15. The van der Waals surface area contributed by atoms with E-state index in [1.54, 1.807) is 0 Å². The Hall–Kier alpha value is -2.49. The average Bonchev–Trinajstić information content (AvgIpc) is 2.52. The van der Waals surface area contributed by atoms with Crippen LogP contribution in [-0.4, -0.2) is 19.0 Å². The fraction of sp³-hybridized carbons (Fsp3) is 0.235. The van der Waals surface area contributed by atoms with Crippen LogP contribution in [0.15, 0.2) is 65.7 Å². The van der Waals surface area contributed by atoms with Gasteiger partial charge >= 0.3 is 0 Å². The number of nitrogens with two attached hydrogens (primary N) is 2. The molecule has 0 heterocycles. The highest BCUT2D eigenvalue weighted by Crippen LogP contribution is 2.17. The minimum absolute atomic E-state index is 0.157. The number of nitrogens with zero attached hydrogens (tertiary/aromatic N) is 2. The summed E-state index contributed by atoms with van der Waals surface area (Å²) < 4.78 is 0. The number of anilines is 1. The molecule has 0 spiro atoms. The highest BCUT2D eigenvalue weighted by molar-refractivity contribution is 5.75. The first-order chi connectivity index (χ1) is 10.3. The molecule has 110 valence electrons. The van der Waals surface area contributed by atoms with Crippen LogP contribution in [0, 0.1) is 0 Å². The van der Waals surface area contributed by atoms with Gasteiger partial charge in [-0.3, -0.25) is 4.99 Å². The summed E-state index contributed by atoms with van der Waals surface area (Å²) in [6.07, 6.45) is 0.916. The molecule has 0 fully saturated rings. The van der Waals surface area contributed by atoms with Crippen molar-refractivity contribution in [3.8, 4) is 0 Å². The van der Waals surface area contributed by atoms with Gasteiger partial charge in [0.05, 0.1) is 0 Å². The second kappa shape index (κ2) is 7.94. The molecule has 2 aromatic rings. The van der Waals surface area contributed by atoms with Crippen molar-refractivity contribution in [3.05, 3.63) is 66.2 Å². The highest BCUT2D eigenvalue weighted by Gasteiger charge is 2.06. The van der Waals surface area contributed by atoms with Gasteiger partial charge in [-0.1, -0.05) is 48.5 Å². The molecule has 0 aliphatic carbocycles. The van der Waals surface area contributed by atoms with Gasteiger partial charge in [-0.15, -0.1) is 0 Å². The van der Waals surface area contributed by atoms with Crippen LogP contribution in [0.3, 0.4) is 0 Å². The van der Waals surface area contributed by atoms with E-state index < -0.39 is 0 Å².